The smallest absolute Gasteiger partial charge is 0.237 e. The summed E-state index contributed by atoms with van der Waals surface area (Å²) >= 11 is 0. The molecule has 0 spiro atoms. The van der Waals surface area contributed by atoms with Crippen molar-refractivity contribution in [3.8, 4) is 17.7 Å². The molecule has 2 aromatic rings. The van der Waals surface area contributed by atoms with Gasteiger partial charge < -0.3 is 10.5 Å². The number of nitrogens with zero attached hydrogens (tertiary/aromatic N) is 2. The normalized spacial score (nSPS) is 9.83. The predicted molar refractivity (Wildman–Crippen MR) is 68.1 cm³/mol. The van der Waals surface area contributed by atoms with Crippen LogP contribution in [0.2, 0.25) is 0 Å². The molecule has 4 heteroatoms. The van der Waals surface area contributed by atoms with Gasteiger partial charge in [-0.25, -0.2) is 4.98 Å². The number of nitrogens with two attached hydrogens (primary N) is 1. The van der Waals surface area contributed by atoms with Crippen LogP contribution in [0.5, 0.6) is 11.6 Å². The van der Waals surface area contributed by atoms with E-state index < -0.39 is 0 Å². The maximum atomic E-state index is 8.98. The monoisotopic (exact) mass is 239 g/mol. The Hall–Kier alpha value is -2.38. The van der Waals surface area contributed by atoms with E-state index in [9.17, 15) is 0 Å². The molecule has 0 radical (unpaired) electrons. The quantitative estimate of drug-likeness (QED) is 0.893. The Balaban J connectivity index is 2.27. The molecule has 1 aromatic heterocycles. The van der Waals surface area contributed by atoms with Crippen molar-refractivity contribution in [2.24, 2.45) is 5.73 Å². The topological polar surface area (TPSA) is 71.9 Å². The molecule has 0 saturated carbocycles. The van der Waals surface area contributed by atoms with Gasteiger partial charge in [0.25, 0.3) is 0 Å². The summed E-state index contributed by atoms with van der Waals surface area (Å²) in [5.41, 5.74) is 7.78. The summed E-state index contributed by atoms with van der Waals surface area (Å²) in [6, 6.07) is 12.9. The van der Waals surface area contributed by atoms with Crippen molar-refractivity contribution in [1.29, 1.82) is 5.26 Å². The van der Waals surface area contributed by atoms with Crippen LogP contribution < -0.4 is 10.5 Å². The lowest BCUT2D eigenvalue weighted by molar-refractivity contribution is 0.460. The molecule has 0 atom stereocenters. The maximum absolute atomic E-state index is 8.98. The fraction of sp³-hybridized carbons (Fsp3) is 0.143. The largest absolute Gasteiger partial charge is 0.438 e. The second kappa shape index (κ2) is 5.30. The lowest BCUT2D eigenvalue weighted by atomic mass is 10.2. The fourth-order valence-electron chi connectivity index (χ4n) is 1.50. The third-order valence-electron chi connectivity index (χ3n) is 2.49. The van der Waals surface area contributed by atoms with Crippen LogP contribution in [0.25, 0.3) is 0 Å². The molecule has 0 bridgehead atoms. The number of aryl methyl sites for hydroxylation is 1. The molecule has 0 amide bonds. The van der Waals surface area contributed by atoms with Crippen LogP contribution >= 0.6 is 0 Å². The number of nitriles is 1. The van der Waals surface area contributed by atoms with Crippen molar-refractivity contribution in [3.05, 3.63) is 53.2 Å². The van der Waals surface area contributed by atoms with Gasteiger partial charge >= 0.3 is 0 Å². The summed E-state index contributed by atoms with van der Waals surface area (Å²) in [6.07, 6.45) is 0. The molecular weight excluding hydrogens is 226 g/mol. The van der Waals surface area contributed by atoms with Gasteiger partial charge in [-0.05, 0) is 36.8 Å². The highest BCUT2D eigenvalue weighted by molar-refractivity contribution is 5.41. The zero-order valence-electron chi connectivity index (χ0n) is 10.1. The van der Waals surface area contributed by atoms with Crippen molar-refractivity contribution < 1.29 is 4.74 Å². The van der Waals surface area contributed by atoms with Gasteiger partial charge in [-0.2, -0.15) is 5.26 Å². The number of aromatic nitrogens is 1. The molecule has 4 nitrogen and oxygen atoms in total. The van der Waals surface area contributed by atoms with Gasteiger partial charge in [-0.3, -0.25) is 0 Å². The molecule has 90 valence electrons. The summed E-state index contributed by atoms with van der Waals surface area (Å²) in [7, 11) is 0. The molecule has 0 unspecified atom stereocenters. The van der Waals surface area contributed by atoms with Crippen molar-refractivity contribution >= 4 is 0 Å². The van der Waals surface area contributed by atoms with Crippen LogP contribution in [0.4, 0.5) is 0 Å². The minimum atomic E-state index is 0.331. The Bertz CT molecular complexity index is 585. The van der Waals surface area contributed by atoms with Gasteiger partial charge in [0.2, 0.25) is 5.88 Å². The second-order valence-corrected chi connectivity index (χ2v) is 3.87. The Morgan fingerprint density at radius 1 is 1.22 bits per heavy atom. The van der Waals surface area contributed by atoms with Crippen LogP contribution in [-0.4, -0.2) is 4.98 Å². The highest BCUT2D eigenvalue weighted by Crippen LogP contribution is 2.23. The SMILES string of the molecule is Cc1ccc(C#N)c(Oc2ccc(CN)cc2)n1. The van der Waals surface area contributed by atoms with E-state index in [0.717, 1.165) is 11.3 Å². The van der Waals surface area contributed by atoms with Crippen molar-refractivity contribution in [2.75, 3.05) is 0 Å². The number of rotatable bonds is 3. The average molecular weight is 239 g/mol. The standard InChI is InChI=1S/C14H13N3O/c1-10-2-5-12(9-16)14(17-10)18-13-6-3-11(8-15)4-7-13/h2-7H,8,15H2,1H3. The zero-order chi connectivity index (χ0) is 13.0. The summed E-state index contributed by atoms with van der Waals surface area (Å²) in [5, 5.41) is 8.98. The Morgan fingerprint density at radius 3 is 2.56 bits per heavy atom. The summed E-state index contributed by atoms with van der Waals surface area (Å²) in [4.78, 5) is 4.21. The minimum Gasteiger partial charge on any atom is -0.438 e. The van der Waals surface area contributed by atoms with Crippen LogP contribution in [-0.2, 0) is 6.54 Å². The number of pyridine rings is 1. The molecule has 0 aliphatic rings. The minimum absolute atomic E-state index is 0.331. The summed E-state index contributed by atoms with van der Waals surface area (Å²) < 4.78 is 5.61. The Morgan fingerprint density at radius 2 is 1.94 bits per heavy atom. The van der Waals surface area contributed by atoms with E-state index in [-0.39, 0.29) is 0 Å². The Labute approximate surface area is 106 Å². The van der Waals surface area contributed by atoms with Gasteiger partial charge in [0, 0.05) is 12.2 Å². The summed E-state index contributed by atoms with van der Waals surface area (Å²) in [5.74, 6) is 0.972. The predicted octanol–water partition coefficient (Wildman–Crippen LogP) is 2.51. The van der Waals surface area contributed by atoms with E-state index >= 15 is 0 Å². The van der Waals surface area contributed by atoms with E-state index in [4.69, 9.17) is 15.7 Å². The second-order valence-electron chi connectivity index (χ2n) is 3.87. The third kappa shape index (κ3) is 2.65. The number of hydrogen-bond donors (Lipinski definition) is 1. The number of ether oxygens (including phenoxy) is 1. The third-order valence-corrected chi connectivity index (χ3v) is 2.49. The first-order valence-electron chi connectivity index (χ1n) is 5.57. The number of benzene rings is 1. The number of hydrogen-bond acceptors (Lipinski definition) is 4. The maximum Gasteiger partial charge on any atom is 0.237 e. The van der Waals surface area contributed by atoms with Crippen LogP contribution in [0.1, 0.15) is 16.8 Å². The first-order chi connectivity index (χ1) is 8.72. The molecule has 2 rings (SSSR count). The molecule has 0 fully saturated rings. The van der Waals surface area contributed by atoms with Gasteiger partial charge in [-0.15, -0.1) is 0 Å². The van der Waals surface area contributed by atoms with Crippen LogP contribution in [0.15, 0.2) is 36.4 Å². The van der Waals surface area contributed by atoms with E-state index in [2.05, 4.69) is 11.1 Å². The van der Waals surface area contributed by atoms with E-state index in [0.29, 0.717) is 23.7 Å². The lowest BCUT2D eigenvalue weighted by Crippen LogP contribution is -1.96. The average Bonchev–Trinajstić information content (AvgIpc) is 2.40. The van der Waals surface area contributed by atoms with Crippen molar-refractivity contribution in [2.45, 2.75) is 13.5 Å². The molecule has 18 heavy (non-hydrogen) atoms. The van der Waals surface area contributed by atoms with Gasteiger partial charge in [0.15, 0.2) is 0 Å². The van der Waals surface area contributed by atoms with Crippen molar-refractivity contribution in [3.63, 3.8) is 0 Å². The van der Waals surface area contributed by atoms with Crippen LogP contribution in [0, 0.1) is 18.3 Å². The molecule has 2 N–H and O–H groups in total. The van der Waals surface area contributed by atoms with E-state index in [1.54, 1.807) is 12.1 Å². The highest BCUT2D eigenvalue weighted by atomic mass is 16.5. The first-order valence-corrected chi connectivity index (χ1v) is 5.57. The van der Waals surface area contributed by atoms with Crippen LogP contribution in [0.3, 0.4) is 0 Å². The molecule has 1 heterocycles. The molecule has 0 aliphatic heterocycles. The molecular formula is C14H13N3O. The Kier molecular flexibility index (Phi) is 3.56. The van der Waals surface area contributed by atoms with E-state index in [1.165, 1.54) is 0 Å². The lowest BCUT2D eigenvalue weighted by Gasteiger charge is -2.07. The van der Waals surface area contributed by atoms with E-state index in [1.807, 2.05) is 31.2 Å². The van der Waals surface area contributed by atoms with Gasteiger partial charge in [-0.1, -0.05) is 12.1 Å². The van der Waals surface area contributed by atoms with Gasteiger partial charge in [0.05, 0.1) is 0 Å². The highest BCUT2D eigenvalue weighted by Gasteiger charge is 2.06. The van der Waals surface area contributed by atoms with Gasteiger partial charge in [0.1, 0.15) is 17.4 Å². The molecule has 1 aromatic carbocycles. The molecule has 0 saturated heterocycles. The first kappa shape index (κ1) is 12.1. The zero-order valence-corrected chi connectivity index (χ0v) is 10.1. The fourth-order valence-corrected chi connectivity index (χ4v) is 1.50. The molecule has 0 aliphatic carbocycles. The van der Waals surface area contributed by atoms with Crippen molar-refractivity contribution in [1.82, 2.24) is 4.98 Å². The summed E-state index contributed by atoms with van der Waals surface area (Å²) in [6.45, 7) is 2.35.